The van der Waals surface area contributed by atoms with Crippen LogP contribution in [0.2, 0.25) is 0 Å². The van der Waals surface area contributed by atoms with E-state index in [1.165, 1.54) is 11.1 Å². The summed E-state index contributed by atoms with van der Waals surface area (Å²) in [5.74, 6) is 0.763. The standard InChI is InChI=1S/C18H22N2O/c1-2-21-18-12-16(9-10-17(18)19)20-15-8-7-13-5-3-4-6-14(13)11-15/h3-6,9-10,12,15,20H,2,7-8,11,19H2,1H3. The molecule has 3 rings (SSSR count). The molecule has 0 heterocycles. The van der Waals surface area contributed by atoms with Crippen molar-refractivity contribution >= 4 is 11.4 Å². The average Bonchev–Trinajstić information content (AvgIpc) is 2.51. The van der Waals surface area contributed by atoms with Gasteiger partial charge in [0, 0.05) is 17.8 Å². The molecule has 0 radical (unpaired) electrons. The Bertz CT molecular complexity index is 624. The van der Waals surface area contributed by atoms with Gasteiger partial charge in [0.15, 0.2) is 0 Å². The van der Waals surface area contributed by atoms with Crippen molar-refractivity contribution in [2.45, 2.75) is 32.2 Å². The Kier molecular flexibility index (Phi) is 4.00. The quantitative estimate of drug-likeness (QED) is 0.842. The van der Waals surface area contributed by atoms with E-state index in [2.05, 4.69) is 29.6 Å². The van der Waals surface area contributed by atoms with Crippen LogP contribution in [0.5, 0.6) is 5.75 Å². The van der Waals surface area contributed by atoms with Gasteiger partial charge in [-0.15, -0.1) is 0 Å². The van der Waals surface area contributed by atoms with Crippen molar-refractivity contribution < 1.29 is 4.74 Å². The van der Waals surface area contributed by atoms with Crippen molar-refractivity contribution in [3.05, 3.63) is 53.6 Å². The molecule has 0 spiro atoms. The summed E-state index contributed by atoms with van der Waals surface area (Å²) in [6.07, 6.45) is 3.37. The molecule has 0 saturated carbocycles. The Morgan fingerprint density at radius 2 is 2.00 bits per heavy atom. The predicted octanol–water partition coefficient (Wildman–Crippen LogP) is 3.64. The highest BCUT2D eigenvalue weighted by Gasteiger charge is 2.18. The fraction of sp³-hybridized carbons (Fsp3) is 0.333. The molecule has 0 aromatic heterocycles. The molecule has 0 saturated heterocycles. The number of nitrogen functional groups attached to an aromatic ring is 1. The molecule has 0 fully saturated rings. The lowest BCUT2D eigenvalue weighted by Gasteiger charge is -2.26. The molecule has 0 aliphatic heterocycles. The van der Waals surface area contributed by atoms with Crippen LogP contribution < -0.4 is 15.8 Å². The third-order valence-corrected chi connectivity index (χ3v) is 4.03. The topological polar surface area (TPSA) is 47.3 Å². The van der Waals surface area contributed by atoms with E-state index in [1.54, 1.807) is 0 Å². The Morgan fingerprint density at radius 3 is 2.81 bits per heavy atom. The highest BCUT2D eigenvalue weighted by Crippen LogP contribution is 2.28. The highest BCUT2D eigenvalue weighted by molar-refractivity contribution is 5.61. The Balaban J connectivity index is 1.72. The van der Waals surface area contributed by atoms with Crippen LogP contribution in [0.1, 0.15) is 24.5 Å². The second kappa shape index (κ2) is 6.08. The van der Waals surface area contributed by atoms with Gasteiger partial charge >= 0.3 is 0 Å². The molecule has 0 amide bonds. The normalized spacial score (nSPS) is 17.1. The summed E-state index contributed by atoms with van der Waals surface area (Å²) < 4.78 is 5.56. The minimum atomic E-state index is 0.470. The van der Waals surface area contributed by atoms with Crippen molar-refractivity contribution in [3.8, 4) is 5.75 Å². The van der Waals surface area contributed by atoms with Crippen molar-refractivity contribution in [1.82, 2.24) is 0 Å². The van der Waals surface area contributed by atoms with E-state index < -0.39 is 0 Å². The van der Waals surface area contributed by atoms with E-state index in [0.29, 0.717) is 18.3 Å². The van der Waals surface area contributed by atoms with Gasteiger partial charge in [0.05, 0.1) is 12.3 Å². The zero-order valence-electron chi connectivity index (χ0n) is 12.4. The second-order valence-corrected chi connectivity index (χ2v) is 5.54. The zero-order valence-corrected chi connectivity index (χ0v) is 12.4. The van der Waals surface area contributed by atoms with Gasteiger partial charge in [-0.05, 0) is 49.4 Å². The van der Waals surface area contributed by atoms with Crippen LogP contribution in [0.15, 0.2) is 42.5 Å². The summed E-state index contributed by atoms with van der Waals surface area (Å²) in [4.78, 5) is 0. The molecule has 2 aromatic carbocycles. The molecule has 110 valence electrons. The summed E-state index contributed by atoms with van der Waals surface area (Å²) >= 11 is 0. The number of fused-ring (bicyclic) bond motifs is 1. The van der Waals surface area contributed by atoms with E-state index in [9.17, 15) is 0 Å². The Hall–Kier alpha value is -2.16. The van der Waals surface area contributed by atoms with Gasteiger partial charge in [-0.1, -0.05) is 24.3 Å². The molecule has 0 bridgehead atoms. The number of nitrogens with two attached hydrogens (primary N) is 1. The first-order chi connectivity index (χ1) is 10.3. The molecule has 2 aromatic rings. The lowest BCUT2D eigenvalue weighted by atomic mass is 9.88. The van der Waals surface area contributed by atoms with Gasteiger partial charge in [-0.3, -0.25) is 0 Å². The minimum absolute atomic E-state index is 0.470. The monoisotopic (exact) mass is 282 g/mol. The molecule has 1 aliphatic rings. The number of hydrogen-bond acceptors (Lipinski definition) is 3. The number of anilines is 2. The molecule has 3 N–H and O–H groups in total. The molecular formula is C18H22N2O. The summed E-state index contributed by atoms with van der Waals surface area (Å²) in [5, 5.41) is 3.61. The smallest absolute Gasteiger partial charge is 0.144 e. The third-order valence-electron chi connectivity index (χ3n) is 4.03. The van der Waals surface area contributed by atoms with Crippen LogP contribution in [0, 0.1) is 0 Å². The summed E-state index contributed by atoms with van der Waals surface area (Å²) in [6, 6.07) is 15.1. The van der Waals surface area contributed by atoms with Gasteiger partial charge in [-0.2, -0.15) is 0 Å². The minimum Gasteiger partial charge on any atom is -0.492 e. The van der Waals surface area contributed by atoms with Crippen LogP contribution in [0.3, 0.4) is 0 Å². The van der Waals surface area contributed by atoms with E-state index in [4.69, 9.17) is 10.5 Å². The summed E-state index contributed by atoms with van der Waals surface area (Å²) in [7, 11) is 0. The number of hydrogen-bond donors (Lipinski definition) is 2. The molecule has 21 heavy (non-hydrogen) atoms. The molecular weight excluding hydrogens is 260 g/mol. The second-order valence-electron chi connectivity index (χ2n) is 5.54. The van der Waals surface area contributed by atoms with E-state index in [1.807, 2.05) is 25.1 Å². The van der Waals surface area contributed by atoms with E-state index >= 15 is 0 Å². The number of benzene rings is 2. The van der Waals surface area contributed by atoms with Crippen LogP contribution >= 0.6 is 0 Å². The fourth-order valence-electron chi connectivity index (χ4n) is 2.96. The largest absolute Gasteiger partial charge is 0.492 e. The van der Waals surface area contributed by atoms with Gasteiger partial charge in [0.25, 0.3) is 0 Å². The van der Waals surface area contributed by atoms with E-state index in [-0.39, 0.29) is 0 Å². The summed E-state index contributed by atoms with van der Waals surface area (Å²) in [6.45, 7) is 2.60. The summed E-state index contributed by atoms with van der Waals surface area (Å²) in [5.41, 5.74) is 10.6. The first-order valence-electron chi connectivity index (χ1n) is 7.62. The number of ether oxygens (including phenoxy) is 1. The van der Waals surface area contributed by atoms with Crippen molar-refractivity contribution in [2.75, 3.05) is 17.7 Å². The Morgan fingerprint density at radius 1 is 1.19 bits per heavy atom. The maximum Gasteiger partial charge on any atom is 0.144 e. The van der Waals surface area contributed by atoms with Gasteiger partial charge in [0.1, 0.15) is 5.75 Å². The maximum absolute atomic E-state index is 5.92. The SMILES string of the molecule is CCOc1cc(NC2CCc3ccccc3C2)ccc1N. The number of nitrogens with one attached hydrogen (secondary N) is 1. The van der Waals surface area contributed by atoms with Crippen LogP contribution in [0.4, 0.5) is 11.4 Å². The van der Waals surface area contributed by atoms with Crippen LogP contribution in [-0.2, 0) is 12.8 Å². The highest BCUT2D eigenvalue weighted by atomic mass is 16.5. The molecule has 1 atom stereocenters. The Labute approximate surface area is 126 Å². The van der Waals surface area contributed by atoms with Gasteiger partial charge in [-0.25, -0.2) is 0 Å². The first-order valence-corrected chi connectivity index (χ1v) is 7.62. The molecule has 3 nitrogen and oxygen atoms in total. The van der Waals surface area contributed by atoms with Crippen LogP contribution in [-0.4, -0.2) is 12.6 Å². The number of rotatable bonds is 4. The molecule has 1 aliphatic carbocycles. The molecule has 3 heteroatoms. The fourth-order valence-corrected chi connectivity index (χ4v) is 2.96. The van der Waals surface area contributed by atoms with Crippen molar-refractivity contribution in [3.63, 3.8) is 0 Å². The van der Waals surface area contributed by atoms with Gasteiger partial charge < -0.3 is 15.8 Å². The molecule has 1 unspecified atom stereocenters. The third kappa shape index (κ3) is 3.13. The predicted molar refractivity (Wildman–Crippen MR) is 87.9 cm³/mol. The van der Waals surface area contributed by atoms with Crippen LogP contribution in [0.25, 0.3) is 0 Å². The average molecular weight is 282 g/mol. The maximum atomic E-state index is 5.92. The lowest BCUT2D eigenvalue weighted by Crippen LogP contribution is -2.27. The van der Waals surface area contributed by atoms with Gasteiger partial charge in [0.2, 0.25) is 0 Å². The van der Waals surface area contributed by atoms with E-state index in [0.717, 1.165) is 30.7 Å². The number of aryl methyl sites for hydroxylation is 1. The zero-order chi connectivity index (χ0) is 14.7. The first kappa shape index (κ1) is 13.8. The van der Waals surface area contributed by atoms with Crippen molar-refractivity contribution in [1.29, 1.82) is 0 Å². The van der Waals surface area contributed by atoms with Crippen molar-refractivity contribution in [2.24, 2.45) is 0 Å². The lowest BCUT2D eigenvalue weighted by molar-refractivity contribution is 0.342.